The topological polar surface area (TPSA) is 180 Å². The summed E-state index contributed by atoms with van der Waals surface area (Å²) in [6, 6.07) is 6.20. The van der Waals surface area contributed by atoms with E-state index < -0.39 is 33.7 Å². The second kappa shape index (κ2) is 8.45. The molecular weight excluding hydrogens is 488 g/mol. The normalized spacial score (nSPS) is 14.6. The van der Waals surface area contributed by atoms with Crippen molar-refractivity contribution >= 4 is 49.6 Å². The molecule has 12 nitrogen and oxygen atoms in total. The number of aromatic nitrogens is 4. The summed E-state index contributed by atoms with van der Waals surface area (Å²) in [6.07, 6.45) is 1.75. The number of rotatable bonds is 6. The van der Waals surface area contributed by atoms with Crippen LogP contribution in [0.2, 0.25) is 0 Å². The number of sulfonamides is 1. The number of benzene rings is 1. The summed E-state index contributed by atoms with van der Waals surface area (Å²) in [4.78, 5) is 35.5. The number of nitrogens with one attached hydrogen (secondary N) is 2. The Kier molecular flexibility index (Phi) is 5.51. The highest BCUT2D eigenvalue weighted by molar-refractivity contribution is 7.90. The van der Waals surface area contributed by atoms with E-state index in [1.807, 2.05) is 13.8 Å². The zero-order valence-corrected chi connectivity index (χ0v) is 20.1. The van der Waals surface area contributed by atoms with Crippen LogP contribution in [0.1, 0.15) is 31.7 Å². The first kappa shape index (κ1) is 23.5. The van der Waals surface area contributed by atoms with Crippen LogP contribution in [0.5, 0.6) is 5.75 Å². The van der Waals surface area contributed by atoms with Gasteiger partial charge in [0.05, 0.1) is 16.6 Å². The zero-order chi connectivity index (χ0) is 25.8. The largest absolute Gasteiger partial charge is 0.506 e. The molecule has 36 heavy (non-hydrogen) atoms. The lowest BCUT2D eigenvalue weighted by Crippen LogP contribution is -2.33. The van der Waals surface area contributed by atoms with E-state index in [4.69, 9.17) is 5.11 Å². The molecule has 4 aromatic rings. The van der Waals surface area contributed by atoms with Crippen molar-refractivity contribution < 1.29 is 23.4 Å². The lowest BCUT2D eigenvalue weighted by molar-refractivity contribution is -0.136. The Balaban J connectivity index is 1.70. The number of carbonyl (C=O) groups is 1. The molecule has 0 fully saturated rings. The number of hydrogen-bond acceptors (Lipinski definition) is 8. The predicted octanol–water partition coefficient (Wildman–Crippen LogP) is 2.21. The van der Waals surface area contributed by atoms with E-state index in [2.05, 4.69) is 24.7 Å². The average Bonchev–Trinajstić information content (AvgIpc) is 3.19. The van der Waals surface area contributed by atoms with Crippen LogP contribution < -0.4 is 10.9 Å². The standard InChI is InChI=1S/C23H22N6O6S/c1-11(2)7-9-29-22-12(4-3-8-24-22)19(32)17(23(29)33)21-26-14-6-5-13-18(20(14)36(34,35)28-21)27-15(25-13)10-16(30)31/h3-6,8,11,32H,7,9-10H2,1-2H3,(H,25,27)(H,26,28)(H,30,31). The Morgan fingerprint density at radius 3 is 2.72 bits per heavy atom. The van der Waals surface area contributed by atoms with Crippen LogP contribution in [0.4, 0.5) is 5.69 Å². The Hall–Kier alpha value is -4.26. The molecule has 13 heteroatoms. The number of H-pyrrole nitrogens is 1. The number of amidine groups is 1. The molecule has 1 aliphatic rings. The van der Waals surface area contributed by atoms with Gasteiger partial charge in [0.25, 0.3) is 15.6 Å². The molecule has 0 saturated heterocycles. The molecular formula is C23H22N6O6S. The fraction of sp³-hybridized carbons (Fsp3) is 0.261. The monoisotopic (exact) mass is 510 g/mol. The van der Waals surface area contributed by atoms with E-state index in [-0.39, 0.29) is 50.3 Å². The molecule has 1 aromatic carbocycles. The molecule has 0 amide bonds. The second-order valence-corrected chi connectivity index (χ2v) is 10.4. The number of fused-ring (bicyclic) bond motifs is 4. The number of nitrogens with zero attached hydrogens (tertiary/aromatic N) is 4. The van der Waals surface area contributed by atoms with Crippen molar-refractivity contribution in [3.63, 3.8) is 0 Å². The van der Waals surface area contributed by atoms with Gasteiger partial charge in [-0.2, -0.15) is 8.42 Å². The van der Waals surface area contributed by atoms with Gasteiger partial charge in [0, 0.05) is 12.7 Å². The molecule has 4 heterocycles. The quantitative estimate of drug-likeness (QED) is 0.302. The third-order valence-corrected chi connectivity index (χ3v) is 7.21. The van der Waals surface area contributed by atoms with E-state index in [0.717, 1.165) is 0 Å². The lowest BCUT2D eigenvalue weighted by Gasteiger charge is -2.20. The van der Waals surface area contributed by atoms with Gasteiger partial charge in [-0.1, -0.05) is 13.8 Å². The van der Waals surface area contributed by atoms with Crippen LogP contribution in [0, 0.1) is 5.92 Å². The molecule has 0 aliphatic carbocycles. The molecule has 0 saturated carbocycles. The van der Waals surface area contributed by atoms with Gasteiger partial charge in [-0.3, -0.25) is 14.2 Å². The fourth-order valence-electron chi connectivity index (χ4n) is 4.18. The Morgan fingerprint density at radius 2 is 2.00 bits per heavy atom. The van der Waals surface area contributed by atoms with Crippen molar-refractivity contribution in [1.82, 2.24) is 19.5 Å². The number of pyridine rings is 2. The number of carboxylic acids is 1. The molecule has 0 bridgehead atoms. The first-order valence-corrected chi connectivity index (χ1v) is 12.6. The van der Waals surface area contributed by atoms with Crippen molar-refractivity contribution in [3.8, 4) is 5.75 Å². The highest BCUT2D eigenvalue weighted by atomic mass is 32.2. The van der Waals surface area contributed by atoms with Crippen LogP contribution in [0.3, 0.4) is 0 Å². The minimum Gasteiger partial charge on any atom is -0.506 e. The fourth-order valence-corrected chi connectivity index (χ4v) is 5.45. The Labute approximate surface area is 204 Å². The van der Waals surface area contributed by atoms with Gasteiger partial charge >= 0.3 is 5.97 Å². The molecule has 0 unspecified atom stereocenters. The lowest BCUT2D eigenvalue weighted by atomic mass is 10.1. The summed E-state index contributed by atoms with van der Waals surface area (Å²) < 4.78 is 31.8. The summed E-state index contributed by atoms with van der Waals surface area (Å²) in [5.41, 5.74) is -0.186. The van der Waals surface area contributed by atoms with Crippen molar-refractivity contribution in [3.05, 3.63) is 52.2 Å². The maximum atomic E-state index is 13.5. The number of imidazole rings is 1. The van der Waals surface area contributed by atoms with Crippen LogP contribution >= 0.6 is 0 Å². The minimum atomic E-state index is -4.39. The third-order valence-electron chi connectivity index (χ3n) is 5.86. The highest BCUT2D eigenvalue weighted by Gasteiger charge is 2.33. The second-order valence-electron chi connectivity index (χ2n) is 8.87. The highest BCUT2D eigenvalue weighted by Crippen LogP contribution is 2.36. The maximum absolute atomic E-state index is 13.5. The minimum absolute atomic E-state index is 0.0281. The maximum Gasteiger partial charge on any atom is 0.311 e. The molecule has 4 N–H and O–H groups in total. The van der Waals surface area contributed by atoms with Gasteiger partial charge < -0.3 is 20.5 Å². The predicted molar refractivity (Wildman–Crippen MR) is 132 cm³/mol. The van der Waals surface area contributed by atoms with E-state index in [1.165, 1.54) is 16.8 Å². The number of aromatic amines is 1. The summed E-state index contributed by atoms with van der Waals surface area (Å²) in [5.74, 6) is -1.51. The number of aromatic hydroxyl groups is 1. The Bertz CT molecular complexity index is 1750. The molecule has 3 aromatic heterocycles. The number of anilines is 1. The van der Waals surface area contributed by atoms with Gasteiger partial charge in [0.15, 0.2) is 5.84 Å². The molecule has 186 valence electrons. The number of carboxylic acid groups (broad SMARTS) is 1. The smallest absolute Gasteiger partial charge is 0.311 e. The SMILES string of the molecule is CC(C)CCn1c(=O)c(C2=NS(=O)(=O)c3c(ccc4[nH]c(CC(=O)O)nc34)N2)c(O)c2cccnc21. The molecule has 1 aliphatic heterocycles. The van der Waals surface area contributed by atoms with Gasteiger partial charge in [-0.05, 0) is 36.6 Å². The van der Waals surface area contributed by atoms with Gasteiger partial charge in [-0.15, -0.1) is 4.40 Å². The van der Waals surface area contributed by atoms with Crippen molar-refractivity contribution in [2.45, 2.75) is 38.1 Å². The van der Waals surface area contributed by atoms with Crippen LogP contribution in [0.15, 0.2) is 44.6 Å². The Morgan fingerprint density at radius 1 is 1.22 bits per heavy atom. The van der Waals surface area contributed by atoms with Crippen molar-refractivity contribution in [2.75, 3.05) is 5.32 Å². The molecule has 0 radical (unpaired) electrons. The van der Waals surface area contributed by atoms with Crippen LogP contribution in [-0.2, 0) is 27.8 Å². The number of hydrogen-bond donors (Lipinski definition) is 4. The third kappa shape index (κ3) is 3.86. The summed E-state index contributed by atoms with van der Waals surface area (Å²) in [6.45, 7) is 4.33. The molecule has 5 rings (SSSR count). The molecule has 0 atom stereocenters. The van der Waals surface area contributed by atoms with Crippen LogP contribution in [-0.4, -0.2) is 50.0 Å². The van der Waals surface area contributed by atoms with Crippen LogP contribution in [0.25, 0.3) is 22.1 Å². The van der Waals surface area contributed by atoms with E-state index in [1.54, 1.807) is 18.2 Å². The summed E-state index contributed by atoms with van der Waals surface area (Å²) in [7, 11) is -4.39. The molecule has 0 spiro atoms. The summed E-state index contributed by atoms with van der Waals surface area (Å²) in [5, 5.41) is 23.2. The van der Waals surface area contributed by atoms with E-state index in [9.17, 15) is 23.1 Å². The van der Waals surface area contributed by atoms with Gasteiger partial charge in [0.2, 0.25) is 0 Å². The van der Waals surface area contributed by atoms with E-state index in [0.29, 0.717) is 18.5 Å². The van der Waals surface area contributed by atoms with Gasteiger partial charge in [0.1, 0.15) is 39.6 Å². The van der Waals surface area contributed by atoms with Crippen molar-refractivity contribution in [2.24, 2.45) is 10.3 Å². The van der Waals surface area contributed by atoms with E-state index >= 15 is 0 Å². The first-order chi connectivity index (χ1) is 17.1. The zero-order valence-electron chi connectivity index (χ0n) is 19.3. The summed E-state index contributed by atoms with van der Waals surface area (Å²) >= 11 is 0. The van der Waals surface area contributed by atoms with Gasteiger partial charge in [-0.25, -0.2) is 9.97 Å². The number of aliphatic carboxylic acids is 1. The average molecular weight is 511 g/mol. The van der Waals surface area contributed by atoms with Crippen molar-refractivity contribution in [1.29, 1.82) is 0 Å². The first-order valence-electron chi connectivity index (χ1n) is 11.1. The number of aryl methyl sites for hydroxylation is 1.